The third kappa shape index (κ3) is 4.80. The Morgan fingerprint density at radius 2 is 1.71 bits per heavy atom. The van der Waals surface area contributed by atoms with Crippen LogP contribution in [0.2, 0.25) is 0 Å². The molecule has 7 nitrogen and oxygen atoms in total. The number of rotatable bonds is 7. The number of phenolic OH excluding ortho intramolecular Hbond substituents is 2. The summed E-state index contributed by atoms with van der Waals surface area (Å²) in [6.07, 6.45) is 0.729. The van der Waals surface area contributed by atoms with E-state index in [2.05, 4.69) is 0 Å². The van der Waals surface area contributed by atoms with Crippen LogP contribution in [0.5, 0.6) is 11.5 Å². The van der Waals surface area contributed by atoms with Gasteiger partial charge >= 0.3 is 0 Å². The van der Waals surface area contributed by atoms with Crippen LogP contribution >= 0.6 is 0 Å². The highest BCUT2D eigenvalue weighted by Crippen LogP contribution is 2.33. The van der Waals surface area contributed by atoms with Gasteiger partial charge in [0.1, 0.15) is 11.5 Å². The molecule has 0 aliphatic rings. The number of nitrogens with zero attached hydrogens (tertiary/aromatic N) is 1. The number of amides is 2. The van der Waals surface area contributed by atoms with Crippen LogP contribution in [-0.4, -0.2) is 38.7 Å². The summed E-state index contributed by atoms with van der Waals surface area (Å²) < 4.78 is 0. The monoisotopic (exact) mass is 386 g/mol. The predicted molar refractivity (Wildman–Crippen MR) is 105 cm³/mol. The van der Waals surface area contributed by atoms with Crippen molar-refractivity contribution >= 4 is 11.8 Å². The van der Waals surface area contributed by atoms with E-state index in [0.717, 1.165) is 12.0 Å². The van der Waals surface area contributed by atoms with E-state index >= 15 is 0 Å². The largest absolute Gasteiger partial charge is 0.508 e. The normalized spacial score (nSPS) is 10.8. The molecule has 2 rings (SSSR count). The molecular formula is C21H26N2O5. The first-order chi connectivity index (χ1) is 13.3. The van der Waals surface area contributed by atoms with Gasteiger partial charge in [0.2, 0.25) is 0 Å². The third-order valence-corrected chi connectivity index (χ3v) is 4.47. The molecule has 0 saturated heterocycles. The Bertz CT molecular complexity index is 847. The van der Waals surface area contributed by atoms with Gasteiger partial charge in [-0.05, 0) is 41.7 Å². The summed E-state index contributed by atoms with van der Waals surface area (Å²) in [5.74, 6) is -1.24. The zero-order chi connectivity index (χ0) is 20.8. The Labute approximate surface area is 164 Å². The lowest BCUT2D eigenvalue weighted by Crippen LogP contribution is -2.31. The first-order valence-electron chi connectivity index (χ1n) is 9.17. The minimum atomic E-state index is -0.608. The standard InChI is InChI=1S/C21H26N2O5/c1-4-9-23(12-14-5-7-15(8-6-14)20(26)22-28)21(27)17-10-16(13(2)3)18(24)11-19(17)25/h5-8,10-11,13,24-25,28H,4,9,12H2,1-3H3,(H,22,26). The summed E-state index contributed by atoms with van der Waals surface area (Å²) in [5.41, 5.74) is 3.42. The van der Waals surface area contributed by atoms with Gasteiger partial charge in [-0.1, -0.05) is 32.9 Å². The molecule has 2 aromatic carbocycles. The van der Waals surface area contributed by atoms with Gasteiger partial charge in [-0.2, -0.15) is 0 Å². The maximum Gasteiger partial charge on any atom is 0.274 e. The molecule has 0 heterocycles. The SMILES string of the molecule is CCCN(Cc1ccc(C(=O)NO)cc1)C(=O)c1cc(C(C)C)c(O)cc1O. The van der Waals surface area contributed by atoms with Crippen LogP contribution in [0.15, 0.2) is 36.4 Å². The van der Waals surface area contributed by atoms with Gasteiger partial charge in [-0.25, -0.2) is 5.48 Å². The second-order valence-electron chi connectivity index (χ2n) is 6.95. The number of hydroxylamine groups is 1. The maximum atomic E-state index is 13.1. The molecule has 0 spiro atoms. The van der Waals surface area contributed by atoms with Crippen LogP contribution in [0.4, 0.5) is 0 Å². The number of benzene rings is 2. The first kappa shape index (κ1) is 21.2. The van der Waals surface area contributed by atoms with Crippen LogP contribution < -0.4 is 5.48 Å². The summed E-state index contributed by atoms with van der Waals surface area (Å²) in [4.78, 5) is 26.1. The average molecular weight is 386 g/mol. The molecule has 150 valence electrons. The van der Waals surface area contributed by atoms with E-state index < -0.39 is 5.91 Å². The first-order valence-corrected chi connectivity index (χ1v) is 9.17. The Kier molecular flexibility index (Phi) is 7.00. The number of carbonyl (C=O) groups is 2. The molecule has 2 amide bonds. The van der Waals surface area contributed by atoms with Crippen molar-refractivity contribution in [3.05, 3.63) is 58.7 Å². The highest BCUT2D eigenvalue weighted by atomic mass is 16.5. The Balaban J connectivity index is 2.29. The fourth-order valence-corrected chi connectivity index (χ4v) is 2.97. The van der Waals surface area contributed by atoms with Crippen molar-refractivity contribution in [1.29, 1.82) is 0 Å². The molecule has 7 heteroatoms. The van der Waals surface area contributed by atoms with Crippen LogP contribution in [0.3, 0.4) is 0 Å². The highest BCUT2D eigenvalue weighted by Gasteiger charge is 2.22. The van der Waals surface area contributed by atoms with Crippen LogP contribution in [0, 0.1) is 0 Å². The van der Waals surface area contributed by atoms with E-state index in [4.69, 9.17) is 5.21 Å². The van der Waals surface area contributed by atoms with Gasteiger partial charge in [0.25, 0.3) is 11.8 Å². The molecule has 0 unspecified atom stereocenters. The summed E-state index contributed by atoms with van der Waals surface area (Å²) in [6, 6.07) is 9.27. The summed E-state index contributed by atoms with van der Waals surface area (Å²) in [6.45, 7) is 6.52. The van der Waals surface area contributed by atoms with E-state index in [1.807, 2.05) is 20.8 Å². The van der Waals surface area contributed by atoms with Gasteiger partial charge in [0.05, 0.1) is 5.56 Å². The molecule has 0 aliphatic carbocycles. The lowest BCUT2D eigenvalue weighted by Gasteiger charge is -2.23. The molecule has 4 N–H and O–H groups in total. The Morgan fingerprint density at radius 3 is 2.25 bits per heavy atom. The van der Waals surface area contributed by atoms with Crippen LogP contribution in [-0.2, 0) is 6.54 Å². The summed E-state index contributed by atoms with van der Waals surface area (Å²) in [5, 5.41) is 28.9. The molecule has 0 radical (unpaired) electrons. The molecule has 2 aromatic rings. The number of carbonyl (C=O) groups excluding carboxylic acids is 2. The van der Waals surface area contributed by atoms with E-state index in [1.54, 1.807) is 34.6 Å². The molecule has 0 aromatic heterocycles. The Hall–Kier alpha value is -3.06. The quantitative estimate of drug-likeness (QED) is 0.431. The maximum absolute atomic E-state index is 13.1. The molecule has 28 heavy (non-hydrogen) atoms. The number of hydrogen-bond donors (Lipinski definition) is 4. The minimum Gasteiger partial charge on any atom is -0.508 e. The van der Waals surface area contributed by atoms with Crippen molar-refractivity contribution in [2.45, 2.75) is 39.7 Å². The molecule has 0 aliphatic heterocycles. The summed E-state index contributed by atoms with van der Waals surface area (Å²) >= 11 is 0. The van der Waals surface area contributed by atoms with Crippen molar-refractivity contribution in [2.24, 2.45) is 0 Å². The van der Waals surface area contributed by atoms with Crippen molar-refractivity contribution in [1.82, 2.24) is 10.4 Å². The van der Waals surface area contributed by atoms with Crippen molar-refractivity contribution in [3.63, 3.8) is 0 Å². The number of aromatic hydroxyl groups is 2. The van der Waals surface area contributed by atoms with Crippen molar-refractivity contribution in [3.8, 4) is 11.5 Å². The van der Waals surface area contributed by atoms with Gasteiger partial charge in [-0.15, -0.1) is 0 Å². The van der Waals surface area contributed by atoms with Gasteiger partial charge in [0.15, 0.2) is 0 Å². The van der Waals surface area contributed by atoms with E-state index in [9.17, 15) is 19.8 Å². The lowest BCUT2D eigenvalue weighted by molar-refractivity contribution is 0.0704. The molecule has 0 saturated carbocycles. The number of phenols is 2. The smallest absolute Gasteiger partial charge is 0.274 e. The average Bonchev–Trinajstić information content (AvgIpc) is 2.67. The van der Waals surface area contributed by atoms with Gasteiger partial charge < -0.3 is 15.1 Å². The third-order valence-electron chi connectivity index (χ3n) is 4.47. The number of hydrogen-bond acceptors (Lipinski definition) is 5. The van der Waals surface area contributed by atoms with Crippen LogP contribution in [0.25, 0.3) is 0 Å². The number of nitrogens with one attached hydrogen (secondary N) is 1. The van der Waals surface area contributed by atoms with Crippen molar-refractivity contribution in [2.75, 3.05) is 6.54 Å². The zero-order valence-corrected chi connectivity index (χ0v) is 16.3. The minimum absolute atomic E-state index is 0.00279. The van der Waals surface area contributed by atoms with E-state index in [1.165, 1.54) is 12.1 Å². The zero-order valence-electron chi connectivity index (χ0n) is 16.3. The predicted octanol–water partition coefficient (Wildman–Crippen LogP) is 3.39. The fraction of sp³-hybridized carbons (Fsp3) is 0.333. The molecule has 0 fully saturated rings. The molecule has 0 bridgehead atoms. The van der Waals surface area contributed by atoms with E-state index in [-0.39, 0.29) is 28.9 Å². The lowest BCUT2D eigenvalue weighted by atomic mass is 9.98. The second-order valence-corrected chi connectivity index (χ2v) is 6.95. The molecular weight excluding hydrogens is 360 g/mol. The van der Waals surface area contributed by atoms with Crippen molar-refractivity contribution < 1.29 is 25.0 Å². The topological polar surface area (TPSA) is 110 Å². The summed E-state index contributed by atoms with van der Waals surface area (Å²) in [7, 11) is 0. The van der Waals surface area contributed by atoms with E-state index in [0.29, 0.717) is 24.2 Å². The highest BCUT2D eigenvalue weighted by molar-refractivity contribution is 5.97. The van der Waals surface area contributed by atoms with Gasteiger partial charge in [-0.3, -0.25) is 14.8 Å². The fourth-order valence-electron chi connectivity index (χ4n) is 2.97. The van der Waals surface area contributed by atoms with Crippen LogP contribution in [0.1, 0.15) is 65.0 Å². The Morgan fingerprint density at radius 1 is 1.07 bits per heavy atom. The second kappa shape index (κ2) is 9.23. The van der Waals surface area contributed by atoms with Gasteiger partial charge in [0, 0.05) is 24.7 Å². The molecule has 0 atom stereocenters.